The van der Waals surface area contributed by atoms with Crippen molar-refractivity contribution in [2.75, 3.05) is 6.54 Å². The smallest absolute Gasteiger partial charge is 0.243 e. The van der Waals surface area contributed by atoms with E-state index in [1.54, 1.807) is 0 Å². The lowest BCUT2D eigenvalue weighted by molar-refractivity contribution is -0.124. The summed E-state index contributed by atoms with van der Waals surface area (Å²) in [4.78, 5) is 12.8. The number of carbonyl (C=O) groups is 1. The molecule has 3 aromatic rings. The third kappa shape index (κ3) is 5.58. The molecule has 1 unspecified atom stereocenters. The Hall–Kier alpha value is -3.23. The van der Waals surface area contributed by atoms with Crippen LogP contribution in [0.5, 0.6) is 5.75 Å². The summed E-state index contributed by atoms with van der Waals surface area (Å²) in [7, 11) is -3.89. The Balaban J connectivity index is 1.37. The van der Waals surface area contributed by atoms with Crippen LogP contribution in [0, 0.1) is 5.82 Å². The Labute approximate surface area is 193 Å². The molecular weight excluding hydrogens is 443 g/mol. The summed E-state index contributed by atoms with van der Waals surface area (Å²) < 4.78 is 46.2. The molecule has 4 rings (SSSR count). The van der Waals surface area contributed by atoms with Crippen LogP contribution < -0.4 is 10.1 Å². The van der Waals surface area contributed by atoms with Gasteiger partial charge in [0.15, 0.2) is 0 Å². The topological polar surface area (TPSA) is 75.7 Å². The number of sulfonamides is 1. The molecule has 0 aliphatic carbocycles. The van der Waals surface area contributed by atoms with E-state index in [-0.39, 0.29) is 23.9 Å². The molecule has 1 aliphatic rings. The lowest BCUT2D eigenvalue weighted by Gasteiger charge is -2.23. The van der Waals surface area contributed by atoms with Crippen LogP contribution in [0.4, 0.5) is 4.39 Å². The lowest BCUT2D eigenvalue weighted by atomic mass is 10.2. The Bertz CT molecular complexity index is 1200. The van der Waals surface area contributed by atoms with Crippen LogP contribution in [0.3, 0.4) is 0 Å². The maximum Gasteiger partial charge on any atom is 0.243 e. The van der Waals surface area contributed by atoms with Gasteiger partial charge in [-0.3, -0.25) is 4.79 Å². The predicted octanol–water partition coefficient (Wildman–Crippen LogP) is 3.87. The molecule has 8 heteroatoms. The van der Waals surface area contributed by atoms with Crippen molar-refractivity contribution in [2.45, 2.75) is 36.9 Å². The molecule has 3 aromatic carbocycles. The number of nitrogens with one attached hydrogen (secondary N) is 1. The maximum atomic E-state index is 13.2. The number of hydrogen-bond acceptors (Lipinski definition) is 4. The van der Waals surface area contributed by atoms with Gasteiger partial charge in [-0.05, 0) is 60.4 Å². The van der Waals surface area contributed by atoms with Crippen molar-refractivity contribution >= 4 is 15.9 Å². The van der Waals surface area contributed by atoms with Gasteiger partial charge in [0.1, 0.15) is 24.2 Å². The van der Waals surface area contributed by atoms with E-state index in [1.165, 1.54) is 16.4 Å². The number of halogens is 1. The number of hydrogen-bond donors (Lipinski definition) is 1. The first-order valence-electron chi connectivity index (χ1n) is 10.7. The highest BCUT2D eigenvalue weighted by atomic mass is 32.2. The maximum absolute atomic E-state index is 13.2. The predicted molar refractivity (Wildman–Crippen MR) is 122 cm³/mol. The highest BCUT2D eigenvalue weighted by Gasteiger charge is 2.39. The summed E-state index contributed by atoms with van der Waals surface area (Å²) in [6.45, 7) is 0.942. The van der Waals surface area contributed by atoms with Gasteiger partial charge in [-0.25, -0.2) is 12.8 Å². The average molecular weight is 469 g/mol. The molecule has 1 amide bonds. The third-order valence-electron chi connectivity index (χ3n) is 5.54. The van der Waals surface area contributed by atoms with E-state index in [0.717, 1.165) is 23.3 Å². The van der Waals surface area contributed by atoms with Gasteiger partial charge in [-0.2, -0.15) is 4.31 Å². The normalized spacial score (nSPS) is 16.5. The van der Waals surface area contributed by atoms with Gasteiger partial charge < -0.3 is 10.1 Å². The molecule has 0 radical (unpaired) electrons. The number of carbonyl (C=O) groups excluding carboxylic acids is 1. The van der Waals surface area contributed by atoms with E-state index >= 15 is 0 Å². The SMILES string of the molecule is O=C(NCc1cccc(OCc2ccccc2)c1)C1CCCN1S(=O)(=O)c1ccc(F)cc1. The summed E-state index contributed by atoms with van der Waals surface area (Å²) in [6, 6.07) is 21.1. The van der Waals surface area contributed by atoms with Crippen molar-refractivity contribution in [1.29, 1.82) is 0 Å². The molecule has 1 N–H and O–H groups in total. The molecule has 1 atom stereocenters. The van der Waals surface area contributed by atoms with Crippen LogP contribution in [-0.4, -0.2) is 31.2 Å². The van der Waals surface area contributed by atoms with Gasteiger partial charge in [0, 0.05) is 13.1 Å². The van der Waals surface area contributed by atoms with E-state index in [0.29, 0.717) is 25.2 Å². The van der Waals surface area contributed by atoms with E-state index in [2.05, 4.69) is 5.32 Å². The zero-order valence-corrected chi connectivity index (χ0v) is 18.8. The molecule has 0 bridgehead atoms. The fourth-order valence-electron chi connectivity index (χ4n) is 3.82. The first kappa shape index (κ1) is 22.9. The van der Waals surface area contributed by atoms with E-state index < -0.39 is 21.9 Å². The first-order chi connectivity index (χ1) is 15.9. The van der Waals surface area contributed by atoms with Gasteiger partial charge in [-0.1, -0.05) is 42.5 Å². The monoisotopic (exact) mass is 468 g/mol. The summed E-state index contributed by atoms with van der Waals surface area (Å²) >= 11 is 0. The van der Waals surface area contributed by atoms with E-state index in [4.69, 9.17) is 4.74 Å². The summed E-state index contributed by atoms with van der Waals surface area (Å²) in [5, 5.41) is 2.84. The quantitative estimate of drug-likeness (QED) is 0.545. The molecule has 1 saturated heterocycles. The van der Waals surface area contributed by atoms with Crippen LogP contribution in [0.1, 0.15) is 24.0 Å². The minimum Gasteiger partial charge on any atom is -0.489 e. The molecular formula is C25H25FN2O4S. The summed E-state index contributed by atoms with van der Waals surface area (Å²) in [6.07, 6.45) is 1.02. The third-order valence-corrected chi connectivity index (χ3v) is 7.46. The van der Waals surface area contributed by atoms with Crippen molar-refractivity contribution < 1.29 is 22.3 Å². The van der Waals surface area contributed by atoms with Gasteiger partial charge in [0.05, 0.1) is 4.90 Å². The zero-order valence-electron chi connectivity index (χ0n) is 18.0. The van der Waals surface area contributed by atoms with Gasteiger partial charge >= 0.3 is 0 Å². The Morgan fingerprint density at radius 2 is 1.73 bits per heavy atom. The highest BCUT2D eigenvalue weighted by Crippen LogP contribution is 2.26. The van der Waals surface area contributed by atoms with Gasteiger partial charge in [0.25, 0.3) is 0 Å². The fourth-order valence-corrected chi connectivity index (χ4v) is 5.48. The fraction of sp³-hybridized carbons (Fsp3) is 0.240. The van der Waals surface area contributed by atoms with Crippen molar-refractivity contribution in [2.24, 2.45) is 0 Å². The molecule has 0 saturated carbocycles. The first-order valence-corrected chi connectivity index (χ1v) is 12.2. The van der Waals surface area contributed by atoms with Crippen LogP contribution in [0.2, 0.25) is 0 Å². The minimum absolute atomic E-state index is 0.0214. The average Bonchev–Trinajstić information content (AvgIpc) is 3.34. The summed E-state index contributed by atoms with van der Waals surface area (Å²) in [5.41, 5.74) is 1.90. The number of ether oxygens (including phenoxy) is 1. The Morgan fingerprint density at radius 3 is 2.48 bits per heavy atom. The molecule has 0 aromatic heterocycles. The van der Waals surface area contributed by atoms with Crippen molar-refractivity contribution in [3.63, 3.8) is 0 Å². The lowest BCUT2D eigenvalue weighted by Crippen LogP contribution is -2.45. The van der Waals surface area contributed by atoms with Crippen LogP contribution in [0.25, 0.3) is 0 Å². The van der Waals surface area contributed by atoms with E-state index in [1.807, 2.05) is 54.6 Å². The van der Waals surface area contributed by atoms with E-state index in [9.17, 15) is 17.6 Å². The van der Waals surface area contributed by atoms with Gasteiger partial charge in [0.2, 0.25) is 15.9 Å². The summed E-state index contributed by atoms with van der Waals surface area (Å²) in [5.74, 6) is -0.180. The molecule has 6 nitrogen and oxygen atoms in total. The van der Waals surface area contributed by atoms with Crippen LogP contribution >= 0.6 is 0 Å². The van der Waals surface area contributed by atoms with Crippen LogP contribution in [-0.2, 0) is 28.0 Å². The van der Waals surface area contributed by atoms with Gasteiger partial charge in [-0.15, -0.1) is 0 Å². The molecule has 1 aliphatic heterocycles. The van der Waals surface area contributed by atoms with Crippen LogP contribution in [0.15, 0.2) is 83.8 Å². The standard InChI is InChI=1S/C25H25FN2O4S/c26-21-11-13-23(14-12-21)33(30,31)28-15-5-10-24(28)25(29)27-17-20-8-4-9-22(16-20)32-18-19-6-2-1-3-7-19/h1-4,6-9,11-14,16,24H,5,10,15,17-18H2,(H,27,29). The largest absolute Gasteiger partial charge is 0.489 e. The number of benzene rings is 3. The molecule has 0 spiro atoms. The zero-order chi connectivity index (χ0) is 23.3. The Kier molecular flexibility index (Phi) is 7.05. The second-order valence-electron chi connectivity index (χ2n) is 7.87. The van der Waals surface area contributed by atoms with Crippen molar-refractivity contribution in [3.05, 3.63) is 95.8 Å². The van der Waals surface area contributed by atoms with Crippen molar-refractivity contribution in [1.82, 2.24) is 9.62 Å². The molecule has 172 valence electrons. The Morgan fingerprint density at radius 1 is 1.00 bits per heavy atom. The van der Waals surface area contributed by atoms with Crippen molar-refractivity contribution in [3.8, 4) is 5.75 Å². The number of nitrogens with zero attached hydrogens (tertiary/aromatic N) is 1. The highest BCUT2D eigenvalue weighted by molar-refractivity contribution is 7.89. The second kappa shape index (κ2) is 10.1. The minimum atomic E-state index is -3.89. The molecule has 1 heterocycles. The number of amides is 1. The number of rotatable bonds is 8. The molecule has 33 heavy (non-hydrogen) atoms. The second-order valence-corrected chi connectivity index (χ2v) is 9.76. The molecule has 1 fully saturated rings.